The van der Waals surface area contributed by atoms with Gasteiger partial charge in [0, 0.05) is 4.43 Å². The molecule has 0 aromatic heterocycles. The molecule has 2 saturated carbocycles. The fourth-order valence-electron chi connectivity index (χ4n) is 4.04. The van der Waals surface area contributed by atoms with E-state index < -0.39 is 0 Å². The van der Waals surface area contributed by atoms with Crippen LogP contribution in [0.25, 0.3) is 0 Å². The number of nitroso groups, excluding NO2 is 1. The summed E-state index contributed by atoms with van der Waals surface area (Å²) >= 11 is 2.57. The van der Waals surface area contributed by atoms with Gasteiger partial charge < -0.3 is 0 Å². The van der Waals surface area contributed by atoms with Crippen LogP contribution in [-0.2, 0) is 0 Å². The van der Waals surface area contributed by atoms with E-state index in [-0.39, 0.29) is 0 Å². The zero-order valence-electron chi connectivity index (χ0n) is 10.6. The summed E-state index contributed by atoms with van der Waals surface area (Å²) in [5.74, 6) is 3.41. The van der Waals surface area contributed by atoms with Crippen molar-refractivity contribution in [3.8, 4) is 0 Å². The van der Waals surface area contributed by atoms with Crippen molar-refractivity contribution >= 4 is 22.6 Å². The predicted molar refractivity (Wildman–Crippen MR) is 80.4 cm³/mol. The first-order chi connectivity index (χ1) is 8.35. The van der Waals surface area contributed by atoms with Crippen LogP contribution < -0.4 is 0 Å². The van der Waals surface area contributed by atoms with Gasteiger partial charge in [-0.15, -0.1) is 0 Å². The molecule has 17 heavy (non-hydrogen) atoms. The fraction of sp³-hybridized carbons (Fsp3) is 1.00. The molecule has 0 bridgehead atoms. The van der Waals surface area contributed by atoms with Crippen molar-refractivity contribution < 1.29 is 0 Å². The SMILES string of the molecule is O=NCC1CCC[C@H](C2CCCCC2CI)C1. The van der Waals surface area contributed by atoms with E-state index in [1.807, 2.05) is 0 Å². The lowest BCUT2D eigenvalue weighted by atomic mass is 9.66. The fourth-order valence-corrected chi connectivity index (χ4v) is 5.13. The molecule has 3 heteroatoms. The van der Waals surface area contributed by atoms with Crippen LogP contribution >= 0.6 is 22.6 Å². The number of halogens is 1. The Hall–Kier alpha value is 0.330. The molecule has 0 aromatic rings. The maximum atomic E-state index is 10.4. The monoisotopic (exact) mass is 349 g/mol. The molecule has 0 N–H and O–H groups in total. The minimum Gasteiger partial charge on any atom is -0.151 e. The lowest BCUT2D eigenvalue weighted by molar-refractivity contribution is 0.121. The van der Waals surface area contributed by atoms with Crippen LogP contribution in [0.3, 0.4) is 0 Å². The van der Waals surface area contributed by atoms with Crippen molar-refractivity contribution in [2.75, 3.05) is 11.0 Å². The second kappa shape index (κ2) is 7.05. The van der Waals surface area contributed by atoms with E-state index in [9.17, 15) is 4.91 Å². The van der Waals surface area contributed by atoms with E-state index in [2.05, 4.69) is 27.8 Å². The quantitative estimate of drug-likeness (QED) is 0.407. The molecule has 3 unspecified atom stereocenters. The lowest BCUT2D eigenvalue weighted by Gasteiger charge is -2.40. The van der Waals surface area contributed by atoms with Gasteiger partial charge in [0.1, 0.15) is 0 Å². The summed E-state index contributed by atoms with van der Waals surface area (Å²) in [4.78, 5) is 10.4. The maximum Gasteiger partial charge on any atom is 0.0839 e. The minimum atomic E-state index is 0.568. The first-order valence-electron chi connectivity index (χ1n) is 7.20. The highest BCUT2D eigenvalue weighted by Gasteiger charge is 2.34. The van der Waals surface area contributed by atoms with Gasteiger partial charge in [-0.1, -0.05) is 53.5 Å². The van der Waals surface area contributed by atoms with Crippen LogP contribution in [0.4, 0.5) is 0 Å². The first kappa shape index (κ1) is 13.8. The largest absolute Gasteiger partial charge is 0.151 e. The molecule has 0 saturated heterocycles. The average molecular weight is 349 g/mol. The third-order valence-corrected chi connectivity index (χ3v) is 6.06. The van der Waals surface area contributed by atoms with Crippen molar-refractivity contribution in [2.24, 2.45) is 28.8 Å². The van der Waals surface area contributed by atoms with E-state index in [1.54, 1.807) is 0 Å². The Morgan fingerprint density at radius 1 is 1.06 bits per heavy atom. The van der Waals surface area contributed by atoms with Crippen LogP contribution in [0.1, 0.15) is 51.4 Å². The van der Waals surface area contributed by atoms with Gasteiger partial charge in [0.25, 0.3) is 0 Å². The van der Waals surface area contributed by atoms with Gasteiger partial charge in [-0.3, -0.25) is 0 Å². The Kier molecular flexibility index (Phi) is 5.70. The van der Waals surface area contributed by atoms with Gasteiger partial charge in [-0.05, 0) is 49.4 Å². The van der Waals surface area contributed by atoms with Crippen molar-refractivity contribution in [2.45, 2.75) is 51.4 Å². The Bertz CT molecular complexity index is 246. The van der Waals surface area contributed by atoms with Gasteiger partial charge in [-0.25, -0.2) is 0 Å². The first-order valence-corrected chi connectivity index (χ1v) is 8.72. The highest BCUT2D eigenvalue weighted by atomic mass is 127. The third-order valence-electron chi connectivity index (χ3n) is 4.93. The molecule has 0 aliphatic heterocycles. The molecule has 4 atom stereocenters. The van der Waals surface area contributed by atoms with Crippen molar-refractivity contribution in [3.05, 3.63) is 4.91 Å². The minimum absolute atomic E-state index is 0.568. The number of hydrogen-bond acceptors (Lipinski definition) is 2. The van der Waals surface area contributed by atoms with Crippen LogP contribution in [0.15, 0.2) is 5.18 Å². The maximum absolute atomic E-state index is 10.4. The second-order valence-electron chi connectivity index (χ2n) is 5.97. The zero-order valence-corrected chi connectivity index (χ0v) is 12.8. The molecule has 0 aromatic carbocycles. The van der Waals surface area contributed by atoms with Crippen LogP contribution in [0.5, 0.6) is 0 Å². The molecular formula is C14H24INO. The summed E-state index contributed by atoms with van der Waals surface area (Å²) in [7, 11) is 0. The Balaban J connectivity index is 1.92. The number of nitrogens with zero attached hydrogens (tertiary/aromatic N) is 1. The molecule has 98 valence electrons. The number of rotatable bonds is 4. The molecule has 2 aliphatic carbocycles. The smallest absolute Gasteiger partial charge is 0.0839 e. The van der Waals surface area contributed by atoms with E-state index in [4.69, 9.17) is 0 Å². The van der Waals surface area contributed by atoms with Crippen molar-refractivity contribution in [1.29, 1.82) is 0 Å². The van der Waals surface area contributed by atoms with Gasteiger partial charge in [0.15, 0.2) is 0 Å². The second-order valence-corrected chi connectivity index (χ2v) is 6.85. The Morgan fingerprint density at radius 3 is 2.65 bits per heavy atom. The summed E-state index contributed by atoms with van der Waals surface area (Å²) in [5.41, 5.74) is 0. The van der Waals surface area contributed by atoms with E-state index in [0.29, 0.717) is 12.5 Å². The highest BCUT2D eigenvalue weighted by Crippen LogP contribution is 2.43. The molecule has 2 fully saturated rings. The Labute approximate surface area is 118 Å². The summed E-state index contributed by atoms with van der Waals surface area (Å²) in [6, 6.07) is 0. The van der Waals surface area contributed by atoms with Crippen LogP contribution in [0.2, 0.25) is 0 Å². The topological polar surface area (TPSA) is 29.4 Å². The van der Waals surface area contributed by atoms with Crippen molar-refractivity contribution in [3.63, 3.8) is 0 Å². The van der Waals surface area contributed by atoms with E-state index in [0.717, 1.165) is 17.8 Å². The lowest BCUT2D eigenvalue weighted by Crippen LogP contribution is -2.32. The van der Waals surface area contributed by atoms with E-state index in [1.165, 1.54) is 55.8 Å². The Morgan fingerprint density at radius 2 is 1.88 bits per heavy atom. The molecule has 2 rings (SSSR count). The molecule has 0 spiro atoms. The number of alkyl halides is 1. The standard InChI is InChI=1S/C14H24INO/c15-9-13-5-1-2-7-14(13)12-6-3-4-11(8-12)10-16-17/h11-14H,1-10H2/t11?,12-,13?,14?/m0/s1. The molecule has 2 nitrogen and oxygen atoms in total. The van der Waals surface area contributed by atoms with Crippen LogP contribution in [-0.4, -0.2) is 11.0 Å². The van der Waals surface area contributed by atoms with Gasteiger partial charge in [0.2, 0.25) is 0 Å². The molecule has 0 radical (unpaired) electrons. The third kappa shape index (κ3) is 3.65. The van der Waals surface area contributed by atoms with E-state index >= 15 is 0 Å². The molecule has 2 aliphatic rings. The zero-order chi connectivity index (χ0) is 12.1. The predicted octanol–water partition coefficient (Wildman–Crippen LogP) is 4.80. The van der Waals surface area contributed by atoms with Gasteiger partial charge >= 0.3 is 0 Å². The molecular weight excluding hydrogens is 325 g/mol. The van der Waals surface area contributed by atoms with Crippen molar-refractivity contribution in [1.82, 2.24) is 0 Å². The molecule has 0 heterocycles. The normalized spacial score (nSPS) is 38.9. The van der Waals surface area contributed by atoms with Gasteiger partial charge in [-0.2, -0.15) is 4.91 Å². The summed E-state index contributed by atoms with van der Waals surface area (Å²) in [6.45, 7) is 0.568. The molecule has 0 amide bonds. The number of hydrogen-bond donors (Lipinski definition) is 0. The highest BCUT2D eigenvalue weighted by molar-refractivity contribution is 14.1. The van der Waals surface area contributed by atoms with Crippen LogP contribution in [0, 0.1) is 28.6 Å². The summed E-state index contributed by atoms with van der Waals surface area (Å²) in [5, 5.41) is 3.13. The van der Waals surface area contributed by atoms with Gasteiger partial charge in [0.05, 0.1) is 6.54 Å². The summed E-state index contributed by atoms with van der Waals surface area (Å²) in [6.07, 6.45) is 11.0. The average Bonchev–Trinajstić information content (AvgIpc) is 2.39. The summed E-state index contributed by atoms with van der Waals surface area (Å²) < 4.78 is 1.33.